The summed E-state index contributed by atoms with van der Waals surface area (Å²) in [6.45, 7) is 4.65. The van der Waals surface area contributed by atoms with Gasteiger partial charge in [-0.25, -0.2) is 0 Å². The Kier molecular flexibility index (Phi) is 3.15. The van der Waals surface area contributed by atoms with E-state index >= 15 is 0 Å². The van der Waals surface area contributed by atoms with Gasteiger partial charge in [0.05, 0.1) is 12.2 Å². The Hall–Kier alpha value is -1.48. The summed E-state index contributed by atoms with van der Waals surface area (Å²) in [6, 6.07) is 0. The summed E-state index contributed by atoms with van der Waals surface area (Å²) < 4.78 is 0. The van der Waals surface area contributed by atoms with Gasteiger partial charge in [-0.1, -0.05) is 25.4 Å². The summed E-state index contributed by atoms with van der Waals surface area (Å²) in [7, 11) is 0. The number of H-pyrrole nitrogens is 1. The minimum absolute atomic E-state index is 0.369. The molecule has 5 heteroatoms. The number of azide groups is 1. The lowest BCUT2D eigenvalue weighted by atomic mass is 9.81. The van der Waals surface area contributed by atoms with Crippen LogP contribution in [-0.2, 0) is 6.54 Å². The van der Waals surface area contributed by atoms with Gasteiger partial charge in [0.15, 0.2) is 0 Å². The van der Waals surface area contributed by atoms with Crippen LogP contribution in [0, 0.1) is 0 Å². The number of rotatable bonds is 4. The van der Waals surface area contributed by atoms with Crippen molar-refractivity contribution in [3.8, 4) is 0 Å². The highest BCUT2D eigenvalue weighted by atomic mass is 15.2. The lowest BCUT2D eigenvalue weighted by Gasteiger charge is -2.25. The van der Waals surface area contributed by atoms with E-state index in [9.17, 15) is 0 Å². The Labute approximate surface area is 94.9 Å². The number of hydrogen-bond acceptors (Lipinski definition) is 2. The van der Waals surface area contributed by atoms with E-state index in [1.54, 1.807) is 0 Å². The molecule has 0 amide bonds. The third-order valence-corrected chi connectivity index (χ3v) is 3.28. The van der Waals surface area contributed by atoms with E-state index in [-0.39, 0.29) is 0 Å². The number of nitrogens with zero attached hydrogens (tertiary/aromatic N) is 4. The quantitative estimate of drug-likeness (QED) is 0.468. The molecule has 0 spiro atoms. The number of nitrogens with one attached hydrogen (secondary N) is 1. The van der Waals surface area contributed by atoms with Gasteiger partial charge < -0.3 is 0 Å². The largest absolute Gasteiger partial charge is 0.282 e. The summed E-state index contributed by atoms with van der Waals surface area (Å²) in [5.74, 6) is 0.970. The van der Waals surface area contributed by atoms with E-state index in [1.807, 2.05) is 0 Å². The zero-order chi connectivity index (χ0) is 11.5. The molecule has 1 aliphatic rings. The maximum atomic E-state index is 8.42. The molecule has 0 saturated heterocycles. The van der Waals surface area contributed by atoms with E-state index in [0.29, 0.717) is 18.4 Å². The Morgan fingerprint density at radius 3 is 2.81 bits per heavy atom. The van der Waals surface area contributed by atoms with E-state index in [0.717, 1.165) is 11.3 Å². The van der Waals surface area contributed by atoms with Crippen molar-refractivity contribution in [2.45, 2.75) is 51.5 Å². The van der Waals surface area contributed by atoms with Gasteiger partial charge >= 0.3 is 0 Å². The van der Waals surface area contributed by atoms with Crippen molar-refractivity contribution in [1.29, 1.82) is 0 Å². The van der Waals surface area contributed by atoms with Crippen molar-refractivity contribution in [2.24, 2.45) is 5.11 Å². The van der Waals surface area contributed by atoms with Gasteiger partial charge in [-0.15, -0.1) is 0 Å². The highest BCUT2D eigenvalue weighted by molar-refractivity contribution is 5.31. The van der Waals surface area contributed by atoms with Crippen LogP contribution >= 0.6 is 0 Å². The molecule has 0 atom stereocenters. The summed E-state index contributed by atoms with van der Waals surface area (Å²) >= 11 is 0. The first-order valence-corrected chi connectivity index (χ1v) is 5.82. The third kappa shape index (κ3) is 1.91. The van der Waals surface area contributed by atoms with Crippen molar-refractivity contribution in [3.63, 3.8) is 0 Å². The second kappa shape index (κ2) is 4.58. The fourth-order valence-electron chi connectivity index (χ4n) is 2.17. The van der Waals surface area contributed by atoms with E-state index in [1.165, 1.54) is 25.0 Å². The predicted octanol–water partition coefficient (Wildman–Crippen LogP) is 3.61. The summed E-state index contributed by atoms with van der Waals surface area (Å²) in [5.41, 5.74) is 11.8. The topological polar surface area (TPSA) is 77.4 Å². The molecule has 0 aromatic carbocycles. The van der Waals surface area contributed by atoms with Crippen LogP contribution in [0.5, 0.6) is 0 Å². The second-order valence-corrected chi connectivity index (χ2v) is 4.67. The third-order valence-electron chi connectivity index (χ3n) is 3.28. The van der Waals surface area contributed by atoms with Gasteiger partial charge in [0.1, 0.15) is 0 Å². The number of aromatic nitrogens is 2. The second-order valence-electron chi connectivity index (χ2n) is 4.67. The van der Waals surface area contributed by atoms with Crippen LogP contribution < -0.4 is 0 Å². The van der Waals surface area contributed by atoms with Crippen LogP contribution in [-0.4, -0.2) is 10.2 Å². The molecule has 1 saturated carbocycles. The first-order chi connectivity index (χ1) is 7.74. The minimum atomic E-state index is 0.369. The van der Waals surface area contributed by atoms with Gasteiger partial charge in [-0.05, 0) is 24.3 Å². The molecule has 5 nitrogen and oxygen atoms in total. The monoisotopic (exact) mass is 219 g/mol. The molecule has 16 heavy (non-hydrogen) atoms. The van der Waals surface area contributed by atoms with E-state index < -0.39 is 0 Å². The molecule has 1 aromatic rings. The Bertz CT molecular complexity index is 410. The number of hydrogen-bond donors (Lipinski definition) is 1. The standard InChI is InChI=1S/C11H17N5/c1-7(2)10-9(6-13-16-12)11(15-14-10)8-4-3-5-8/h7-8H,3-6H2,1-2H3,(H,14,15). The van der Waals surface area contributed by atoms with Crippen LogP contribution in [0.3, 0.4) is 0 Å². The van der Waals surface area contributed by atoms with Crippen molar-refractivity contribution < 1.29 is 0 Å². The SMILES string of the molecule is CC(C)c1n[nH]c(C2CCC2)c1CN=[N+]=[N-]. The van der Waals surface area contributed by atoms with Gasteiger partial charge in [0, 0.05) is 22.1 Å². The molecule has 2 rings (SSSR count). The average molecular weight is 219 g/mol. The Morgan fingerprint density at radius 1 is 1.56 bits per heavy atom. The molecule has 0 bridgehead atoms. The molecule has 1 heterocycles. The fraction of sp³-hybridized carbons (Fsp3) is 0.727. The maximum absolute atomic E-state index is 8.42. The predicted molar refractivity (Wildman–Crippen MR) is 62.1 cm³/mol. The Balaban J connectivity index is 2.32. The molecule has 86 valence electrons. The lowest BCUT2D eigenvalue weighted by molar-refractivity contribution is 0.408. The van der Waals surface area contributed by atoms with Crippen LogP contribution in [0.15, 0.2) is 5.11 Å². The molecule has 0 aliphatic heterocycles. The van der Waals surface area contributed by atoms with Crippen LogP contribution in [0.2, 0.25) is 0 Å². The van der Waals surface area contributed by atoms with Crippen LogP contribution in [0.4, 0.5) is 0 Å². The normalized spacial score (nSPS) is 15.9. The molecule has 0 radical (unpaired) electrons. The molecule has 0 unspecified atom stereocenters. The molecule has 1 N–H and O–H groups in total. The van der Waals surface area contributed by atoms with E-state index in [4.69, 9.17) is 5.53 Å². The molecule has 1 aromatic heterocycles. The molecular formula is C11H17N5. The van der Waals surface area contributed by atoms with Gasteiger partial charge in [-0.3, -0.25) is 5.10 Å². The summed E-state index contributed by atoms with van der Waals surface area (Å²) in [4.78, 5) is 2.84. The summed E-state index contributed by atoms with van der Waals surface area (Å²) in [6.07, 6.45) is 3.74. The zero-order valence-corrected chi connectivity index (χ0v) is 9.77. The van der Waals surface area contributed by atoms with E-state index in [2.05, 4.69) is 34.1 Å². The Morgan fingerprint density at radius 2 is 2.31 bits per heavy atom. The minimum Gasteiger partial charge on any atom is -0.282 e. The van der Waals surface area contributed by atoms with Crippen molar-refractivity contribution in [3.05, 3.63) is 27.4 Å². The molecule has 1 aliphatic carbocycles. The van der Waals surface area contributed by atoms with Crippen LogP contribution in [0.25, 0.3) is 10.4 Å². The maximum Gasteiger partial charge on any atom is 0.0683 e. The van der Waals surface area contributed by atoms with Gasteiger partial charge in [-0.2, -0.15) is 5.10 Å². The van der Waals surface area contributed by atoms with Crippen LogP contribution in [0.1, 0.15) is 61.9 Å². The van der Waals surface area contributed by atoms with Gasteiger partial charge in [0.25, 0.3) is 0 Å². The first kappa shape index (κ1) is 11.0. The highest BCUT2D eigenvalue weighted by Crippen LogP contribution is 2.38. The lowest BCUT2D eigenvalue weighted by Crippen LogP contribution is -2.11. The van der Waals surface area contributed by atoms with Crippen molar-refractivity contribution in [2.75, 3.05) is 0 Å². The van der Waals surface area contributed by atoms with Crippen molar-refractivity contribution in [1.82, 2.24) is 10.2 Å². The summed E-state index contributed by atoms with van der Waals surface area (Å²) in [5, 5.41) is 11.2. The highest BCUT2D eigenvalue weighted by Gasteiger charge is 2.26. The zero-order valence-electron chi connectivity index (χ0n) is 9.77. The first-order valence-electron chi connectivity index (χ1n) is 5.82. The molecule has 1 fully saturated rings. The molecular weight excluding hydrogens is 202 g/mol. The average Bonchev–Trinajstić information content (AvgIpc) is 2.56. The van der Waals surface area contributed by atoms with Gasteiger partial charge in [0.2, 0.25) is 0 Å². The smallest absolute Gasteiger partial charge is 0.0683 e. The van der Waals surface area contributed by atoms with Crippen molar-refractivity contribution >= 4 is 0 Å². The number of aromatic amines is 1. The fourth-order valence-corrected chi connectivity index (χ4v) is 2.17.